The Balaban J connectivity index is 1.79. The van der Waals surface area contributed by atoms with Crippen LogP contribution in [0.4, 0.5) is 22.0 Å². The maximum atomic E-state index is 14.7. The van der Waals surface area contributed by atoms with Crippen molar-refractivity contribution in [2.75, 3.05) is 0 Å². The molecule has 0 amide bonds. The van der Waals surface area contributed by atoms with Crippen LogP contribution in [0.2, 0.25) is 20.1 Å². The van der Waals surface area contributed by atoms with E-state index in [4.69, 9.17) is 46.4 Å². The summed E-state index contributed by atoms with van der Waals surface area (Å²) in [6.45, 7) is 0. The number of halogens is 9. The average Bonchev–Trinajstić information content (AvgIpc) is 3.02. The zero-order valence-electron chi connectivity index (χ0n) is 25.5. The fourth-order valence-electron chi connectivity index (χ4n) is 7.34. The topological polar surface area (TPSA) is 0 Å². The molecule has 9 heteroatoms. The van der Waals surface area contributed by atoms with Gasteiger partial charge in [0.1, 0.15) is 0 Å². The number of aryl methyl sites for hydroxylation is 1. The highest BCUT2D eigenvalue weighted by atomic mass is 35.5. The number of rotatable bonds is 11. The Morgan fingerprint density at radius 1 is 0.702 bits per heavy atom. The molecule has 249 valence electrons. The Labute approximate surface area is 293 Å². The molecule has 1 aliphatic carbocycles. The van der Waals surface area contributed by atoms with Gasteiger partial charge in [0.2, 0.25) is 5.92 Å². The molecule has 4 aromatic carbocycles. The highest BCUT2D eigenvalue weighted by Gasteiger charge is 2.54. The lowest BCUT2D eigenvalue weighted by Gasteiger charge is -2.52. The second-order valence-electron chi connectivity index (χ2n) is 12.4. The van der Waals surface area contributed by atoms with Crippen molar-refractivity contribution in [2.45, 2.75) is 74.8 Å². The summed E-state index contributed by atoms with van der Waals surface area (Å²) >= 11 is 25.4. The standard InChI is InChI=1S/C38H34Cl4F5/c39-30-11-4-25(5-12-30)6-17-34(26-7-13-31(40)14-8-26)35(27-2-1-3-33(42)24-27)37(22-23-38(45,46)47,28-9-15-32(41)16-10-28)29-18-20-36(43,44)21-19-29/h1-5,7-16,24,29,35H,6,17-23H2/t35?,37-/m1/s1. The predicted molar refractivity (Wildman–Crippen MR) is 183 cm³/mol. The SMILES string of the molecule is FC(F)(F)CC[C@@](c1ccc(Cl)cc1)(C1CCC(F)(F)CC1)C([C](CCc1ccc(Cl)cc1)c1ccc(Cl)cc1)c1cccc(Cl)c1. The molecular formula is C38H34Cl4F5. The van der Waals surface area contributed by atoms with E-state index in [0.29, 0.717) is 44.1 Å². The Hall–Kier alpha value is -2.31. The molecule has 1 radical (unpaired) electrons. The van der Waals surface area contributed by atoms with Crippen molar-refractivity contribution in [2.24, 2.45) is 5.92 Å². The summed E-state index contributed by atoms with van der Waals surface area (Å²) in [5.41, 5.74) is 1.89. The molecule has 1 saturated carbocycles. The van der Waals surface area contributed by atoms with Gasteiger partial charge in [-0.2, -0.15) is 13.2 Å². The van der Waals surface area contributed by atoms with Gasteiger partial charge in [-0.25, -0.2) is 8.78 Å². The van der Waals surface area contributed by atoms with E-state index < -0.39 is 48.6 Å². The summed E-state index contributed by atoms with van der Waals surface area (Å²) in [6, 6.07) is 28.8. The van der Waals surface area contributed by atoms with Crippen LogP contribution in [0.1, 0.15) is 73.1 Å². The maximum Gasteiger partial charge on any atom is 0.389 e. The molecule has 0 aliphatic heterocycles. The largest absolute Gasteiger partial charge is 0.389 e. The second kappa shape index (κ2) is 15.1. The zero-order chi connectivity index (χ0) is 33.8. The molecule has 0 bridgehead atoms. The van der Waals surface area contributed by atoms with Gasteiger partial charge in [0.25, 0.3) is 0 Å². The molecule has 0 nitrogen and oxygen atoms in total. The summed E-state index contributed by atoms with van der Waals surface area (Å²) < 4.78 is 72.5. The number of hydrogen-bond donors (Lipinski definition) is 0. The van der Waals surface area contributed by atoms with E-state index >= 15 is 0 Å². The van der Waals surface area contributed by atoms with Crippen LogP contribution >= 0.6 is 46.4 Å². The number of hydrogen-bond acceptors (Lipinski definition) is 0. The van der Waals surface area contributed by atoms with Gasteiger partial charge >= 0.3 is 6.18 Å². The van der Waals surface area contributed by atoms with E-state index in [1.54, 1.807) is 66.7 Å². The quantitative estimate of drug-likeness (QED) is 0.135. The molecule has 1 unspecified atom stereocenters. The molecule has 0 aromatic heterocycles. The Morgan fingerprint density at radius 2 is 1.26 bits per heavy atom. The lowest BCUT2D eigenvalue weighted by molar-refractivity contribution is -0.142. The van der Waals surface area contributed by atoms with Crippen molar-refractivity contribution < 1.29 is 22.0 Å². The van der Waals surface area contributed by atoms with E-state index in [-0.39, 0.29) is 19.3 Å². The van der Waals surface area contributed by atoms with E-state index in [9.17, 15) is 22.0 Å². The molecule has 0 spiro atoms. The molecule has 2 atom stereocenters. The van der Waals surface area contributed by atoms with E-state index in [1.807, 2.05) is 30.3 Å². The first kappa shape index (κ1) is 36.0. The first-order valence-corrected chi connectivity index (χ1v) is 17.1. The zero-order valence-corrected chi connectivity index (χ0v) is 28.5. The highest BCUT2D eigenvalue weighted by Crippen LogP contribution is 2.60. The van der Waals surface area contributed by atoms with Gasteiger partial charge in [-0.15, -0.1) is 0 Å². The molecule has 0 saturated heterocycles. The first-order chi connectivity index (χ1) is 22.3. The van der Waals surface area contributed by atoms with Gasteiger partial charge in [0.05, 0.1) is 0 Å². The van der Waals surface area contributed by atoms with Crippen molar-refractivity contribution in [3.8, 4) is 0 Å². The minimum atomic E-state index is -4.49. The molecule has 0 heterocycles. The van der Waals surface area contributed by atoms with Gasteiger partial charge in [-0.1, -0.05) is 94.9 Å². The highest BCUT2D eigenvalue weighted by molar-refractivity contribution is 6.31. The Morgan fingerprint density at radius 3 is 1.81 bits per heavy atom. The number of benzene rings is 4. The second-order valence-corrected chi connectivity index (χ2v) is 14.2. The lowest BCUT2D eigenvalue weighted by Crippen LogP contribution is -2.47. The van der Waals surface area contributed by atoms with Crippen LogP contribution in [0.15, 0.2) is 97.1 Å². The summed E-state index contributed by atoms with van der Waals surface area (Å²) in [7, 11) is 0. The maximum absolute atomic E-state index is 14.7. The smallest absolute Gasteiger partial charge is 0.207 e. The van der Waals surface area contributed by atoms with Crippen LogP contribution in [-0.2, 0) is 11.8 Å². The summed E-state index contributed by atoms with van der Waals surface area (Å²) in [6.07, 6.45) is -5.54. The van der Waals surface area contributed by atoms with Gasteiger partial charge < -0.3 is 0 Å². The molecule has 0 N–H and O–H groups in total. The van der Waals surface area contributed by atoms with Crippen LogP contribution in [0.25, 0.3) is 0 Å². The molecule has 4 aromatic rings. The van der Waals surface area contributed by atoms with Crippen molar-refractivity contribution in [3.63, 3.8) is 0 Å². The Kier molecular flexibility index (Phi) is 11.5. The van der Waals surface area contributed by atoms with Crippen molar-refractivity contribution in [1.29, 1.82) is 0 Å². The monoisotopic (exact) mass is 725 g/mol. The van der Waals surface area contributed by atoms with Crippen molar-refractivity contribution in [3.05, 3.63) is 145 Å². The molecular weight excluding hydrogens is 693 g/mol. The van der Waals surface area contributed by atoms with Crippen LogP contribution < -0.4 is 0 Å². The molecule has 47 heavy (non-hydrogen) atoms. The predicted octanol–water partition coefficient (Wildman–Crippen LogP) is 13.7. The van der Waals surface area contributed by atoms with Crippen LogP contribution in [-0.4, -0.2) is 12.1 Å². The first-order valence-electron chi connectivity index (χ1n) is 15.6. The summed E-state index contributed by atoms with van der Waals surface area (Å²) in [5, 5.41) is 1.96. The van der Waals surface area contributed by atoms with Crippen LogP contribution in [0.3, 0.4) is 0 Å². The molecule has 1 fully saturated rings. The normalized spacial score (nSPS) is 17.4. The summed E-state index contributed by atoms with van der Waals surface area (Å²) in [4.78, 5) is 0. The van der Waals surface area contributed by atoms with Crippen LogP contribution in [0.5, 0.6) is 0 Å². The lowest BCUT2D eigenvalue weighted by atomic mass is 9.51. The average molecular weight is 727 g/mol. The van der Waals surface area contributed by atoms with E-state index in [1.165, 1.54) is 0 Å². The minimum absolute atomic E-state index is 0.0651. The number of alkyl halides is 5. The van der Waals surface area contributed by atoms with Gasteiger partial charge in [0.15, 0.2) is 0 Å². The van der Waals surface area contributed by atoms with Crippen LogP contribution in [0, 0.1) is 11.8 Å². The van der Waals surface area contributed by atoms with Gasteiger partial charge in [0, 0.05) is 56.6 Å². The van der Waals surface area contributed by atoms with Crippen molar-refractivity contribution in [1.82, 2.24) is 0 Å². The minimum Gasteiger partial charge on any atom is -0.207 e. The third-order valence-corrected chi connectivity index (χ3v) is 10.5. The third kappa shape index (κ3) is 9.03. The third-order valence-electron chi connectivity index (χ3n) is 9.51. The molecule has 1 aliphatic rings. The van der Waals surface area contributed by atoms with Gasteiger partial charge in [-0.05, 0) is 109 Å². The molecule has 5 rings (SSSR count). The summed E-state index contributed by atoms with van der Waals surface area (Å²) in [5.74, 6) is -3.19. The van der Waals surface area contributed by atoms with Gasteiger partial charge in [-0.3, -0.25) is 0 Å². The van der Waals surface area contributed by atoms with E-state index in [2.05, 4.69) is 0 Å². The fourth-order valence-corrected chi connectivity index (χ4v) is 7.92. The Bertz CT molecular complexity index is 1590. The van der Waals surface area contributed by atoms with E-state index in [0.717, 1.165) is 17.0 Å². The van der Waals surface area contributed by atoms with Crippen molar-refractivity contribution >= 4 is 46.4 Å². The fraction of sp³-hybridized carbons (Fsp3) is 0.342.